The van der Waals surface area contributed by atoms with Gasteiger partial charge in [0.05, 0.1) is 27.7 Å². The molecule has 2 atom stereocenters. The van der Waals surface area contributed by atoms with Gasteiger partial charge in [-0.2, -0.15) is 0 Å². The molecule has 1 N–H and O–H groups in total. The Balaban J connectivity index is 4.14. The Kier molecular flexibility index (Phi) is 45.4. The van der Waals surface area contributed by atoms with Gasteiger partial charge >= 0.3 is 19.8 Å². The van der Waals surface area contributed by atoms with Crippen molar-refractivity contribution in [1.82, 2.24) is 0 Å². The summed E-state index contributed by atoms with van der Waals surface area (Å²) in [5.41, 5.74) is 0. The number of likely N-dealkylation sites (N-methyl/N-ethyl adjacent to an activating group) is 1. The van der Waals surface area contributed by atoms with Crippen molar-refractivity contribution in [3.8, 4) is 0 Å². The number of phosphoric acid groups is 1. The minimum atomic E-state index is -4.37. The lowest BCUT2D eigenvalue weighted by Crippen LogP contribution is -2.37. The number of nitrogens with zero attached hydrogens (tertiary/aromatic N) is 1. The average Bonchev–Trinajstić information content (AvgIpc) is 3.24. The third-order valence-corrected chi connectivity index (χ3v) is 13.4. The van der Waals surface area contributed by atoms with Crippen LogP contribution in [0.1, 0.15) is 277 Å². The van der Waals surface area contributed by atoms with Gasteiger partial charge in [-0.1, -0.05) is 251 Å². The minimum absolute atomic E-state index is 0.0373. The molecule has 0 aliphatic carbocycles. The second-order valence-corrected chi connectivity index (χ2v) is 21.4. The minimum Gasteiger partial charge on any atom is -0.462 e. The zero-order valence-corrected chi connectivity index (χ0v) is 43.5. The summed E-state index contributed by atoms with van der Waals surface area (Å²) in [4.78, 5) is 35.6. The topological polar surface area (TPSA) is 108 Å². The number of unbranched alkanes of at least 4 members (excludes halogenated alkanes) is 37. The highest BCUT2D eigenvalue weighted by Crippen LogP contribution is 2.43. The molecule has 0 saturated carbocycles. The first-order chi connectivity index (χ1) is 30.5. The number of hydrogen-bond acceptors (Lipinski definition) is 7. The monoisotopic (exact) mass is 917 g/mol. The van der Waals surface area contributed by atoms with Crippen molar-refractivity contribution in [3.05, 3.63) is 0 Å². The molecule has 10 heteroatoms. The standard InChI is InChI=1S/C53H106NO8P/c1-6-8-10-12-14-16-18-20-22-24-25-26-27-28-30-31-33-35-37-39-41-43-45-52(55)59-49-51(50-61-63(57,58)60-48-47-54(3,4)5)62-53(56)46-44-42-40-38-36-34-32-29-23-21-19-17-15-13-11-9-7-2/h51H,6-50H2,1-5H3/p+1/t51-/m1/s1. The van der Waals surface area contributed by atoms with Crippen LogP contribution in [0, 0.1) is 0 Å². The number of hydrogen-bond donors (Lipinski definition) is 1. The maximum absolute atomic E-state index is 12.8. The predicted octanol–water partition coefficient (Wildman–Crippen LogP) is 16.3. The fraction of sp³-hybridized carbons (Fsp3) is 0.962. The van der Waals surface area contributed by atoms with Crippen LogP contribution < -0.4 is 0 Å². The van der Waals surface area contributed by atoms with Crippen LogP contribution >= 0.6 is 7.82 Å². The summed E-state index contributed by atoms with van der Waals surface area (Å²) in [6.07, 6.45) is 50.1. The Bertz CT molecular complexity index is 1040. The Morgan fingerprint density at radius 3 is 1.02 bits per heavy atom. The van der Waals surface area contributed by atoms with Crippen LogP contribution in [-0.2, 0) is 32.7 Å². The van der Waals surface area contributed by atoms with E-state index in [1.807, 2.05) is 21.1 Å². The SMILES string of the molecule is CCCCCCCCCCCCCCCCCCCCCCCCC(=O)OC[C@H](COP(=O)(O)OCC[N+](C)(C)C)OC(=O)CCCCCCCCCCCCCCCCCCC. The third-order valence-electron chi connectivity index (χ3n) is 12.4. The molecule has 9 nitrogen and oxygen atoms in total. The summed E-state index contributed by atoms with van der Waals surface area (Å²) >= 11 is 0. The molecule has 0 aliphatic rings. The Labute approximate surface area is 391 Å². The van der Waals surface area contributed by atoms with E-state index in [0.717, 1.165) is 38.5 Å². The highest BCUT2D eigenvalue weighted by atomic mass is 31.2. The fourth-order valence-corrected chi connectivity index (χ4v) is 8.88. The molecule has 0 spiro atoms. The lowest BCUT2D eigenvalue weighted by Gasteiger charge is -2.24. The van der Waals surface area contributed by atoms with Gasteiger partial charge in [0.1, 0.15) is 19.8 Å². The lowest BCUT2D eigenvalue weighted by molar-refractivity contribution is -0.870. The Hall–Kier alpha value is -0.990. The summed E-state index contributed by atoms with van der Waals surface area (Å²) in [6.45, 7) is 4.50. The zero-order chi connectivity index (χ0) is 46.4. The number of phosphoric ester groups is 1. The van der Waals surface area contributed by atoms with E-state index in [2.05, 4.69) is 13.8 Å². The number of ether oxygens (including phenoxy) is 2. The van der Waals surface area contributed by atoms with Crippen molar-refractivity contribution < 1.29 is 42.1 Å². The fourth-order valence-electron chi connectivity index (χ4n) is 8.14. The van der Waals surface area contributed by atoms with Crippen LogP contribution in [0.4, 0.5) is 0 Å². The number of quaternary nitrogens is 1. The molecule has 0 bridgehead atoms. The maximum atomic E-state index is 12.8. The van der Waals surface area contributed by atoms with E-state index in [1.54, 1.807) is 0 Å². The average molecular weight is 917 g/mol. The van der Waals surface area contributed by atoms with Crippen molar-refractivity contribution in [1.29, 1.82) is 0 Å². The molecule has 0 radical (unpaired) electrons. The van der Waals surface area contributed by atoms with Gasteiger partial charge in [-0.05, 0) is 12.8 Å². The maximum Gasteiger partial charge on any atom is 0.472 e. The highest BCUT2D eigenvalue weighted by Gasteiger charge is 2.27. The molecule has 0 fully saturated rings. The first kappa shape index (κ1) is 62.0. The van der Waals surface area contributed by atoms with Gasteiger partial charge < -0.3 is 18.9 Å². The molecule has 0 rings (SSSR count). The molecular weight excluding hydrogens is 810 g/mol. The van der Waals surface area contributed by atoms with Gasteiger partial charge in [0.25, 0.3) is 0 Å². The largest absolute Gasteiger partial charge is 0.472 e. The molecule has 63 heavy (non-hydrogen) atoms. The molecule has 0 saturated heterocycles. The van der Waals surface area contributed by atoms with E-state index >= 15 is 0 Å². The molecular formula is C53H107NO8P+. The zero-order valence-electron chi connectivity index (χ0n) is 42.6. The third kappa shape index (κ3) is 50.3. The molecule has 0 heterocycles. The molecule has 376 valence electrons. The second-order valence-electron chi connectivity index (χ2n) is 20.0. The van der Waals surface area contributed by atoms with Gasteiger partial charge in [-0.15, -0.1) is 0 Å². The van der Waals surface area contributed by atoms with E-state index in [1.165, 1.54) is 212 Å². The van der Waals surface area contributed by atoms with E-state index in [9.17, 15) is 19.0 Å². The first-order valence-corrected chi connectivity index (χ1v) is 28.8. The van der Waals surface area contributed by atoms with Crippen LogP contribution in [0.5, 0.6) is 0 Å². The number of rotatable bonds is 51. The number of esters is 2. The smallest absolute Gasteiger partial charge is 0.462 e. The molecule has 0 aliphatic heterocycles. The van der Waals surface area contributed by atoms with Gasteiger partial charge in [0.2, 0.25) is 0 Å². The van der Waals surface area contributed by atoms with Crippen LogP contribution in [0.3, 0.4) is 0 Å². The summed E-state index contributed by atoms with van der Waals surface area (Å²) < 4.78 is 34.5. The summed E-state index contributed by atoms with van der Waals surface area (Å²) in [6, 6.07) is 0. The van der Waals surface area contributed by atoms with E-state index in [-0.39, 0.29) is 25.6 Å². The lowest BCUT2D eigenvalue weighted by atomic mass is 10.0. The normalized spacial score (nSPS) is 13.3. The van der Waals surface area contributed by atoms with Crippen molar-refractivity contribution in [3.63, 3.8) is 0 Å². The first-order valence-electron chi connectivity index (χ1n) is 27.3. The van der Waals surface area contributed by atoms with Crippen molar-refractivity contribution in [2.45, 2.75) is 283 Å². The van der Waals surface area contributed by atoms with Crippen LogP contribution in [0.25, 0.3) is 0 Å². The summed E-state index contributed by atoms with van der Waals surface area (Å²) in [5, 5.41) is 0. The Morgan fingerprint density at radius 2 is 0.714 bits per heavy atom. The summed E-state index contributed by atoms with van der Waals surface area (Å²) in [5.74, 6) is -0.775. The quantitative estimate of drug-likeness (QED) is 0.0278. The Morgan fingerprint density at radius 1 is 0.429 bits per heavy atom. The molecule has 0 amide bonds. The number of carbonyl (C=O) groups excluding carboxylic acids is 2. The van der Waals surface area contributed by atoms with Crippen LogP contribution in [0.2, 0.25) is 0 Å². The van der Waals surface area contributed by atoms with Gasteiger partial charge in [-0.3, -0.25) is 18.6 Å². The van der Waals surface area contributed by atoms with Crippen molar-refractivity contribution in [2.24, 2.45) is 0 Å². The van der Waals surface area contributed by atoms with Crippen LogP contribution in [0.15, 0.2) is 0 Å². The van der Waals surface area contributed by atoms with Gasteiger partial charge in [0, 0.05) is 12.8 Å². The molecule has 0 aromatic carbocycles. The van der Waals surface area contributed by atoms with Crippen molar-refractivity contribution >= 4 is 19.8 Å². The van der Waals surface area contributed by atoms with E-state index in [0.29, 0.717) is 17.4 Å². The molecule has 1 unspecified atom stereocenters. The van der Waals surface area contributed by atoms with E-state index < -0.39 is 26.5 Å². The van der Waals surface area contributed by atoms with E-state index in [4.69, 9.17) is 18.5 Å². The van der Waals surface area contributed by atoms with Crippen molar-refractivity contribution in [2.75, 3.05) is 47.5 Å². The van der Waals surface area contributed by atoms with Crippen LogP contribution in [-0.4, -0.2) is 74.9 Å². The highest BCUT2D eigenvalue weighted by molar-refractivity contribution is 7.47. The predicted molar refractivity (Wildman–Crippen MR) is 266 cm³/mol. The van der Waals surface area contributed by atoms with Gasteiger partial charge in [-0.25, -0.2) is 4.57 Å². The summed E-state index contributed by atoms with van der Waals surface area (Å²) in [7, 11) is 1.50. The second kappa shape index (κ2) is 46.1. The molecule has 0 aromatic heterocycles. The number of carbonyl (C=O) groups is 2. The molecule has 0 aromatic rings. The van der Waals surface area contributed by atoms with Gasteiger partial charge in [0.15, 0.2) is 6.10 Å².